The number of hydrogen-bond donors (Lipinski definition) is 1. The van der Waals surface area contributed by atoms with Crippen molar-refractivity contribution in [3.05, 3.63) is 23.8 Å². The molecule has 0 aliphatic carbocycles. The quantitative estimate of drug-likeness (QED) is 0.130. The molecular formula is C9H11NaO9S3. The third kappa shape index (κ3) is 6.80. The third-order valence-corrected chi connectivity index (χ3v) is 5.36. The van der Waals surface area contributed by atoms with Crippen LogP contribution in [0.5, 0.6) is 0 Å². The average Bonchev–Trinajstić information content (AvgIpc) is 2.37. The van der Waals surface area contributed by atoms with Gasteiger partial charge >= 0.3 is 29.6 Å². The maximum Gasteiger partial charge on any atom is 1.00 e. The van der Waals surface area contributed by atoms with Crippen LogP contribution < -0.4 is 29.6 Å². The van der Waals surface area contributed by atoms with Gasteiger partial charge in [0.2, 0.25) is 0 Å². The molecule has 9 nitrogen and oxygen atoms in total. The second kappa shape index (κ2) is 9.54. The van der Waals surface area contributed by atoms with Gasteiger partial charge in [0.05, 0.1) is 22.2 Å². The van der Waals surface area contributed by atoms with Crippen LogP contribution in [0.4, 0.5) is 0 Å². The molecule has 0 atom stereocenters. The van der Waals surface area contributed by atoms with E-state index in [-0.39, 0.29) is 58.9 Å². The molecule has 1 aromatic rings. The van der Waals surface area contributed by atoms with Gasteiger partial charge in [0, 0.05) is 0 Å². The van der Waals surface area contributed by atoms with Crippen LogP contribution in [0.1, 0.15) is 5.56 Å². The SMILES string of the molecule is Cc1ccc(S(=O)(=O)CCOSOOO)cc1S(=O)(=O)[O-].[Na+]. The zero-order chi connectivity index (χ0) is 16.1. The van der Waals surface area contributed by atoms with Gasteiger partial charge in [0.1, 0.15) is 10.1 Å². The van der Waals surface area contributed by atoms with Crippen molar-refractivity contribution in [1.29, 1.82) is 0 Å². The monoisotopic (exact) mass is 382 g/mol. The third-order valence-electron chi connectivity index (χ3n) is 2.33. The van der Waals surface area contributed by atoms with Crippen molar-refractivity contribution in [2.75, 3.05) is 12.4 Å². The maximum absolute atomic E-state index is 11.9. The van der Waals surface area contributed by atoms with Gasteiger partial charge in [-0.3, -0.25) is 4.18 Å². The molecule has 0 amide bonds. The van der Waals surface area contributed by atoms with Gasteiger partial charge in [-0.2, -0.15) is 0 Å². The molecule has 0 aliphatic rings. The molecule has 0 saturated carbocycles. The minimum atomic E-state index is -4.76. The molecule has 0 fully saturated rings. The van der Waals surface area contributed by atoms with E-state index in [4.69, 9.17) is 5.26 Å². The molecule has 1 aromatic carbocycles. The molecule has 0 saturated heterocycles. The van der Waals surface area contributed by atoms with Gasteiger partial charge in [-0.05, 0) is 24.6 Å². The van der Waals surface area contributed by atoms with Crippen LogP contribution in [0.2, 0.25) is 0 Å². The van der Waals surface area contributed by atoms with Crippen LogP contribution in [0, 0.1) is 6.92 Å². The Kier molecular flexibility index (Phi) is 9.65. The van der Waals surface area contributed by atoms with Gasteiger partial charge in [0.25, 0.3) is 0 Å². The van der Waals surface area contributed by atoms with Gasteiger partial charge in [-0.15, -0.1) is 4.33 Å². The van der Waals surface area contributed by atoms with E-state index >= 15 is 0 Å². The van der Waals surface area contributed by atoms with Crippen molar-refractivity contribution in [3.63, 3.8) is 0 Å². The smallest absolute Gasteiger partial charge is 0.744 e. The predicted octanol–water partition coefficient (Wildman–Crippen LogP) is -2.32. The molecular weight excluding hydrogens is 371 g/mol. The Hall–Kier alpha value is 0.270. The van der Waals surface area contributed by atoms with Gasteiger partial charge in [-0.25, -0.2) is 22.1 Å². The summed E-state index contributed by atoms with van der Waals surface area (Å²) < 4.78 is 65.5. The Morgan fingerprint density at radius 2 is 1.91 bits per heavy atom. The molecule has 0 heterocycles. The Morgan fingerprint density at radius 3 is 2.45 bits per heavy atom. The van der Waals surface area contributed by atoms with Crippen molar-refractivity contribution < 1.29 is 69.8 Å². The Bertz CT molecular complexity index is 686. The normalized spacial score (nSPS) is 12.0. The zero-order valence-corrected chi connectivity index (χ0v) is 16.0. The second-order valence-electron chi connectivity index (χ2n) is 3.73. The standard InChI is InChI=1S/C9H12O9S3.Na/c1-7-2-3-8(6-9(7)21(13,14)15)20(11,12)5-4-16-19-18-17-10;/h2-3,6,10H,4-5H2,1H3,(H,13,14,15);/q;+1/p-1. The number of rotatable bonds is 8. The summed E-state index contributed by atoms with van der Waals surface area (Å²) in [7, 11) is -8.61. The van der Waals surface area contributed by atoms with E-state index in [1.54, 1.807) is 0 Å². The molecule has 0 bridgehead atoms. The van der Waals surface area contributed by atoms with Crippen molar-refractivity contribution in [2.45, 2.75) is 16.7 Å². The summed E-state index contributed by atoms with van der Waals surface area (Å²) in [6, 6.07) is 3.24. The molecule has 120 valence electrons. The van der Waals surface area contributed by atoms with Crippen molar-refractivity contribution >= 4 is 32.3 Å². The van der Waals surface area contributed by atoms with Crippen LogP contribution in [0.3, 0.4) is 0 Å². The summed E-state index contributed by atoms with van der Waals surface area (Å²) in [5.74, 6) is -0.490. The van der Waals surface area contributed by atoms with E-state index in [1.807, 2.05) is 0 Å². The fourth-order valence-corrected chi connectivity index (χ4v) is 3.61. The number of benzene rings is 1. The molecule has 0 unspecified atom stereocenters. The minimum Gasteiger partial charge on any atom is -0.744 e. The van der Waals surface area contributed by atoms with Crippen LogP contribution in [-0.2, 0) is 33.5 Å². The Morgan fingerprint density at radius 1 is 1.27 bits per heavy atom. The molecule has 0 aromatic heterocycles. The Balaban J connectivity index is 0.00000441. The summed E-state index contributed by atoms with van der Waals surface area (Å²) in [4.78, 5) is -0.897. The molecule has 0 aliphatic heterocycles. The molecule has 22 heavy (non-hydrogen) atoms. The molecule has 0 spiro atoms. The average molecular weight is 382 g/mol. The van der Waals surface area contributed by atoms with Crippen molar-refractivity contribution in [3.8, 4) is 0 Å². The van der Waals surface area contributed by atoms with E-state index < -0.39 is 30.6 Å². The first-order valence-electron chi connectivity index (χ1n) is 5.24. The first kappa shape index (κ1) is 22.3. The van der Waals surface area contributed by atoms with E-state index in [0.717, 1.165) is 6.07 Å². The number of aryl methyl sites for hydroxylation is 1. The van der Waals surface area contributed by atoms with Gasteiger partial charge < -0.3 is 4.55 Å². The van der Waals surface area contributed by atoms with Crippen LogP contribution in [0.25, 0.3) is 0 Å². The topological polar surface area (TPSA) is 139 Å². The van der Waals surface area contributed by atoms with Crippen molar-refractivity contribution in [2.24, 2.45) is 0 Å². The summed E-state index contributed by atoms with van der Waals surface area (Å²) in [6.07, 6.45) is 0. The van der Waals surface area contributed by atoms with E-state index in [2.05, 4.69) is 13.6 Å². The van der Waals surface area contributed by atoms with E-state index in [1.165, 1.54) is 19.1 Å². The number of hydrogen-bond acceptors (Lipinski definition) is 10. The largest absolute Gasteiger partial charge is 1.00 e. The zero-order valence-electron chi connectivity index (χ0n) is 11.6. The van der Waals surface area contributed by atoms with Crippen LogP contribution >= 0.6 is 12.3 Å². The first-order chi connectivity index (χ1) is 9.68. The molecule has 0 radical (unpaired) electrons. The summed E-state index contributed by atoms with van der Waals surface area (Å²) in [5, 5.41) is 11.0. The molecule has 1 rings (SSSR count). The van der Waals surface area contributed by atoms with Gasteiger partial charge in [0.15, 0.2) is 22.2 Å². The molecule has 1 N–H and O–H groups in total. The van der Waals surface area contributed by atoms with E-state index in [0.29, 0.717) is 0 Å². The second-order valence-corrected chi connectivity index (χ2v) is 7.70. The van der Waals surface area contributed by atoms with Crippen molar-refractivity contribution in [1.82, 2.24) is 0 Å². The fraction of sp³-hybridized carbons (Fsp3) is 0.333. The minimum absolute atomic E-state index is 0. The van der Waals surface area contributed by atoms with Gasteiger partial charge in [-0.1, -0.05) is 11.1 Å². The predicted molar refractivity (Wildman–Crippen MR) is 69.5 cm³/mol. The number of sulfone groups is 1. The summed E-state index contributed by atoms with van der Waals surface area (Å²) >= 11 is 0.216. The Labute approximate surface area is 154 Å². The maximum atomic E-state index is 11.9. The summed E-state index contributed by atoms with van der Waals surface area (Å²) in [6.45, 7) is 1.07. The molecule has 13 heteroatoms. The summed E-state index contributed by atoms with van der Waals surface area (Å²) in [5.41, 5.74) is 0.157. The van der Waals surface area contributed by atoms with E-state index in [9.17, 15) is 21.4 Å². The fourth-order valence-electron chi connectivity index (χ4n) is 1.37. The first-order valence-corrected chi connectivity index (χ1v) is 8.97. The van der Waals surface area contributed by atoms with Crippen LogP contribution in [0.15, 0.2) is 28.0 Å². The van der Waals surface area contributed by atoms with Crippen LogP contribution in [-0.4, -0.2) is 39.0 Å².